The molecule has 1 aliphatic rings. The molecule has 0 heterocycles. The van der Waals surface area contributed by atoms with Crippen LogP contribution in [0.1, 0.15) is 19.3 Å². The summed E-state index contributed by atoms with van der Waals surface area (Å²) in [6.07, 6.45) is 8.67. The molecule has 1 heteroatoms. The Morgan fingerprint density at radius 2 is 2.33 bits per heavy atom. The molecular formula is C8H15N. The van der Waals surface area contributed by atoms with Crippen LogP contribution in [0.5, 0.6) is 0 Å². The van der Waals surface area contributed by atoms with E-state index in [-0.39, 0.29) is 0 Å². The van der Waals surface area contributed by atoms with E-state index in [0.717, 1.165) is 12.5 Å². The van der Waals surface area contributed by atoms with Crippen LogP contribution < -0.4 is 5.32 Å². The lowest BCUT2D eigenvalue weighted by Gasteiger charge is -1.89. The molecule has 0 atom stereocenters. The first-order valence-corrected chi connectivity index (χ1v) is 3.74. The average Bonchev–Trinajstić information content (AvgIpc) is 2.63. The van der Waals surface area contributed by atoms with E-state index < -0.39 is 0 Å². The van der Waals surface area contributed by atoms with Crippen molar-refractivity contribution in [3.63, 3.8) is 0 Å². The smallest absolute Gasteiger partial charge is 0.00173 e. The van der Waals surface area contributed by atoms with Gasteiger partial charge < -0.3 is 5.32 Å². The van der Waals surface area contributed by atoms with Gasteiger partial charge in [0.25, 0.3) is 0 Å². The molecule has 1 saturated carbocycles. The zero-order valence-corrected chi connectivity index (χ0v) is 6.06. The lowest BCUT2D eigenvalue weighted by molar-refractivity contribution is 0.805. The Balaban J connectivity index is 1.89. The van der Waals surface area contributed by atoms with Gasteiger partial charge in [-0.15, -0.1) is 0 Å². The Labute approximate surface area is 57.1 Å². The summed E-state index contributed by atoms with van der Waals surface area (Å²) < 4.78 is 0. The lowest BCUT2D eigenvalue weighted by Crippen LogP contribution is -2.05. The molecule has 0 bridgehead atoms. The summed E-state index contributed by atoms with van der Waals surface area (Å²) >= 11 is 0. The van der Waals surface area contributed by atoms with Crippen molar-refractivity contribution in [1.82, 2.24) is 5.32 Å². The van der Waals surface area contributed by atoms with E-state index in [9.17, 15) is 0 Å². The number of rotatable bonds is 4. The molecule has 1 nitrogen and oxygen atoms in total. The molecule has 0 aromatic rings. The molecule has 0 aliphatic heterocycles. The second kappa shape index (κ2) is 3.67. The van der Waals surface area contributed by atoms with Crippen LogP contribution in [-0.4, -0.2) is 13.6 Å². The highest BCUT2D eigenvalue weighted by Crippen LogP contribution is 2.29. The summed E-state index contributed by atoms with van der Waals surface area (Å²) in [6.45, 7) is 1.11. The molecule has 1 fully saturated rings. The predicted octanol–water partition coefficient (Wildman–Crippen LogP) is 1.56. The first kappa shape index (κ1) is 6.81. The van der Waals surface area contributed by atoms with Gasteiger partial charge in [0.15, 0.2) is 0 Å². The van der Waals surface area contributed by atoms with Gasteiger partial charge in [-0.2, -0.15) is 0 Å². The van der Waals surface area contributed by atoms with Crippen LogP contribution in [0.3, 0.4) is 0 Å². The number of hydrogen-bond acceptors (Lipinski definition) is 1. The summed E-state index contributed by atoms with van der Waals surface area (Å²) in [4.78, 5) is 0. The number of hydrogen-bond donors (Lipinski definition) is 1. The Kier molecular flexibility index (Phi) is 2.78. The zero-order chi connectivity index (χ0) is 6.53. The fraction of sp³-hybridized carbons (Fsp3) is 0.750. The van der Waals surface area contributed by atoms with Crippen LogP contribution in [0.25, 0.3) is 0 Å². The van der Waals surface area contributed by atoms with E-state index in [1.54, 1.807) is 0 Å². The van der Waals surface area contributed by atoms with E-state index in [4.69, 9.17) is 0 Å². The Bertz CT molecular complexity index is 92.7. The van der Waals surface area contributed by atoms with E-state index in [1.165, 1.54) is 19.3 Å². The second-order valence-corrected chi connectivity index (χ2v) is 2.66. The maximum Gasteiger partial charge on any atom is -0.00173 e. The number of allylic oxidation sites excluding steroid dienone is 1. The highest BCUT2D eigenvalue weighted by atomic mass is 14.8. The first-order valence-electron chi connectivity index (χ1n) is 3.74. The van der Waals surface area contributed by atoms with Crippen molar-refractivity contribution >= 4 is 0 Å². The van der Waals surface area contributed by atoms with Gasteiger partial charge in [-0.05, 0) is 38.8 Å². The van der Waals surface area contributed by atoms with Crippen LogP contribution in [0, 0.1) is 5.92 Å². The molecule has 0 spiro atoms. The van der Waals surface area contributed by atoms with Crippen molar-refractivity contribution in [2.45, 2.75) is 19.3 Å². The predicted molar refractivity (Wildman–Crippen MR) is 40.4 cm³/mol. The van der Waals surface area contributed by atoms with Crippen molar-refractivity contribution in [1.29, 1.82) is 0 Å². The van der Waals surface area contributed by atoms with Crippen LogP contribution >= 0.6 is 0 Å². The molecule has 0 aromatic carbocycles. The van der Waals surface area contributed by atoms with Crippen molar-refractivity contribution in [3.05, 3.63) is 12.2 Å². The zero-order valence-electron chi connectivity index (χ0n) is 6.06. The molecule has 0 saturated heterocycles. The van der Waals surface area contributed by atoms with Gasteiger partial charge in [0.1, 0.15) is 0 Å². The average molecular weight is 125 g/mol. The monoisotopic (exact) mass is 125 g/mol. The van der Waals surface area contributed by atoms with Crippen molar-refractivity contribution < 1.29 is 0 Å². The quantitative estimate of drug-likeness (QED) is 0.444. The number of nitrogens with one attached hydrogen (secondary N) is 1. The standard InChI is InChI=1S/C8H15N/c1-9-7-3-2-4-8-5-6-8/h2,4,8-9H,3,5-7H2,1H3. The van der Waals surface area contributed by atoms with Crippen LogP contribution in [0.4, 0.5) is 0 Å². The molecule has 0 radical (unpaired) electrons. The minimum absolute atomic E-state index is 0.946. The van der Waals surface area contributed by atoms with Gasteiger partial charge in [-0.1, -0.05) is 12.2 Å². The largest absolute Gasteiger partial charge is 0.319 e. The molecule has 1 aliphatic carbocycles. The first-order chi connectivity index (χ1) is 4.43. The van der Waals surface area contributed by atoms with Gasteiger partial charge >= 0.3 is 0 Å². The molecular weight excluding hydrogens is 110 g/mol. The van der Waals surface area contributed by atoms with Gasteiger partial charge in [0.05, 0.1) is 0 Å². The van der Waals surface area contributed by atoms with E-state index in [0.29, 0.717) is 0 Å². The molecule has 9 heavy (non-hydrogen) atoms. The summed E-state index contributed by atoms with van der Waals surface area (Å²) in [5, 5.41) is 3.11. The molecule has 0 unspecified atom stereocenters. The van der Waals surface area contributed by atoms with Gasteiger partial charge in [0, 0.05) is 0 Å². The van der Waals surface area contributed by atoms with Crippen LogP contribution in [-0.2, 0) is 0 Å². The highest BCUT2D eigenvalue weighted by Gasteiger charge is 2.16. The second-order valence-electron chi connectivity index (χ2n) is 2.66. The van der Waals surface area contributed by atoms with Crippen LogP contribution in [0.15, 0.2) is 12.2 Å². The molecule has 0 aromatic heterocycles. The third kappa shape index (κ3) is 3.31. The lowest BCUT2D eigenvalue weighted by atomic mass is 10.3. The van der Waals surface area contributed by atoms with E-state index in [2.05, 4.69) is 17.5 Å². The van der Waals surface area contributed by atoms with E-state index in [1.807, 2.05) is 7.05 Å². The third-order valence-electron chi connectivity index (χ3n) is 1.59. The maximum absolute atomic E-state index is 3.11. The van der Waals surface area contributed by atoms with Crippen molar-refractivity contribution in [3.8, 4) is 0 Å². The minimum atomic E-state index is 0.946. The third-order valence-corrected chi connectivity index (χ3v) is 1.59. The van der Waals surface area contributed by atoms with Crippen LogP contribution in [0.2, 0.25) is 0 Å². The summed E-state index contributed by atoms with van der Waals surface area (Å²) in [5.74, 6) is 0.946. The Hall–Kier alpha value is -0.300. The van der Waals surface area contributed by atoms with Crippen molar-refractivity contribution in [2.75, 3.05) is 13.6 Å². The van der Waals surface area contributed by atoms with Gasteiger partial charge in [0.2, 0.25) is 0 Å². The topological polar surface area (TPSA) is 12.0 Å². The molecule has 1 rings (SSSR count). The molecule has 52 valence electrons. The molecule has 1 N–H and O–H groups in total. The fourth-order valence-corrected chi connectivity index (χ4v) is 0.805. The Morgan fingerprint density at radius 3 is 2.89 bits per heavy atom. The summed E-state index contributed by atoms with van der Waals surface area (Å²) in [6, 6.07) is 0. The molecule has 0 amide bonds. The Morgan fingerprint density at radius 1 is 1.56 bits per heavy atom. The summed E-state index contributed by atoms with van der Waals surface area (Å²) in [7, 11) is 1.99. The minimum Gasteiger partial charge on any atom is -0.319 e. The summed E-state index contributed by atoms with van der Waals surface area (Å²) in [5.41, 5.74) is 0. The van der Waals surface area contributed by atoms with Gasteiger partial charge in [-0.25, -0.2) is 0 Å². The van der Waals surface area contributed by atoms with Crippen molar-refractivity contribution in [2.24, 2.45) is 5.92 Å². The maximum atomic E-state index is 3.11. The SMILES string of the molecule is CNCCC=CC1CC1. The highest BCUT2D eigenvalue weighted by molar-refractivity contribution is 4.95. The fourth-order valence-electron chi connectivity index (χ4n) is 0.805. The van der Waals surface area contributed by atoms with E-state index >= 15 is 0 Å². The normalized spacial score (nSPS) is 19.2. The van der Waals surface area contributed by atoms with Gasteiger partial charge in [-0.3, -0.25) is 0 Å².